The number of hydrazine groups is 1. The molecule has 1 aromatic carbocycles. The Hall–Kier alpha value is -2.83. The summed E-state index contributed by atoms with van der Waals surface area (Å²) in [4.78, 5) is 35.9. The number of allylic oxidation sites excluding steroid dienone is 2. The first-order valence-corrected chi connectivity index (χ1v) is 7.95. The van der Waals surface area contributed by atoms with Crippen molar-refractivity contribution in [3.8, 4) is 5.75 Å². The van der Waals surface area contributed by atoms with Crippen LogP contribution >= 0.6 is 0 Å². The summed E-state index contributed by atoms with van der Waals surface area (Å²) < 4.78 is 5.02. The molecule has 0 radical (unpaired) electrons. The third-order valence-electron chi connectivity index (χ3n) is 4.57. The Morgan fingerprint density at radius 3 is 2.08 bits per heavy atom. The van der Waals surface area contributed by atoms with Crippen LogP contribution in [-0.4, -0.2) is 30.0 Å². The molecule has 0 aromatic heterocycles. The molecule has 0 bridgehead atoms. The van der Waals surface area contributed by atoms with Crippen molar-refractivity contribution >= 4 is 17.8 Å². The van der Waals surface area contributed by atoms with Gasteiger partial charge in [0.15, 0.2) is 0 Å². The monoisotopic (exact) mass is 346 g/mol. The highest BCUT2D eigenvalue weighted by Gasteiger charge is 2.37. The number of hydrogen-bond acceptors (Lipinski definition) is 4. The molecule has 2 rings (SSSR count). The van der Waals surface area contributed by atoms with Crippen LogP contribution in [0.3, 0.4) is 0 Å². The molecule has 25 heavy (non-hydrogen) atoms. The van der Waals surface area contributed by atoms with Gasteiger partial charge in [0.1, 0.15) is 5.75 Å². The van der Waals surface area contributed by atoms with Crippen molar-refractivity contribution in [3.63, 3.8) is 0 Å². The van der Waals surface area contributed by atoms with E-state index in [1.165, 1.54) is 7.11 Å². The molecular weight excluding hydrogens is 324 g/mol. The third kappa shape index (κ3) is 4.37. The molecule has 0 heterocycles. The molecule has 2 atom stereocenters. The normalized spacial score (nSPS) is 20.0. The average Bonchev–Trinajstić information content (AvgIpc) is 2.61. The number of benzene rings is 1. The Morgan fingerprint density at radius 1 is 1.00 bits per heavy atom. The smallest absolute Gasteiger partial charge is 0.307 e. The fraction of sp³-hybridized carbons (Fsp3) is 0.389. The van der Waals surface area contributed by atoms with Crippen LogP contribution < -0.4 is 15.6 Å². The van der Waals surface area contributed by atoms with Gasteiger partial charge in [-0.05, 0) is 51.0 Å². The molecule has 2 unspecified atom stereocenters. The molecule has 0 spiro atoms. The fourth-order valence-electron chi connectivity index (χ4n) is 2.85. The van der Waals surface area contributed by atoms with Gasteiger partial charge in [-0.1, -0.05) is 11.1 Å². The molecule has 1 aromatic rings. The van der Waals surface area contributed by atoms with Crippen LogP contribution in [0.5, 0.6) is 5.75 Å². The second-order valence-electron chi connectivity index (χ2n) is 6.19. The summed E-state index contributed by atoms with van der Waals surface area (Å²) in [6.07, 6.45) is 0.707. The second kappa shape index (κ2) is 7.83. The lowest BCUT2D eigenvalue weighted by Crippen LogP contribution is -2.48. The predicted molar refractivity (Wildman–Crippen MR) is 90.8 cm³/mol. The highest BCUT2D eigenvalue weighted by Crippen LogP contribution is 2.34. The Balaban J connectivity index is 2.00. The summed E-state index contributed by atoms with van der Waals surface area (Å²) >= 11 is 0. The number of aliphatic carboxylic acids is 1. The number of rotatable bonds is 4. The highest BCUT2D eigenvalue weighted by atomic mass is 16.5. The average molecular weight is 346 g/mol. The van der Waals surface area contributed by atoms with E-state index in [-0.39, 0.29) is 0 Å². The third-order valence-corrected chi connectivity index (χ3v) is 4.57. The van der Waals surface area contributed by atoms with Crippen LogP contribution in [0.15, 0.2) is 35.4 Å². The van der Waals surface area contributed by atoms with E-state index in [4.69, 9.17) is 4.74 Å². The number of carbonyl (C=O) groups is 3. The molecule has 7 nitrogen and oxygen atoms in total. The second-order valence-corrected chi connectivity index (χ2v) is 6.19. The van der Waals surface area contributed by atoms with Gasteiger partial charge >= 0.3 is 5.97 Å². The van der Waals surface area contributed by atoms with Gasteiger partial charge in [0, 0.05) is 5.56 Å². The Morgan fingerprint density at radius 2 is 1.56 bits per heavy atom. The molecule has 1 aliphatic rings. The number of ether oxygens (including phenoxy) is 1. The van der Waals surface area contributed by atoms with Gasteiger partial charge in [-0.25, -0.2) is 0 Å². The van der Waals surface area contributed by atoms with Gasteiger partial charge in [-0.2, -0.15) is 0 Å². The van der Waals surface area contributed by atoms with Crippen LogP contribution in [0.2, 0.25) is 0 Å². The van der Waals surface area contributed by atoms with Crippen molar-refractivity contribution < 1.29 is 24.2 Å². The molecule has 0 fully saturated rings. The summed E-state index contributed by atoms with van der Waals surface area (Å²) in [6.45, 7) is 3.77. The molecule has 134 valence electrons. The molecule has 0 aliphatic heterocycles. The summed E-state index contributed by atoms with van der Waals surface area (Å²) in [5.74, 6) is -2.87. The van der Waals surface area contributed by atoms with Gasteiger partial charge in [-0.15, -0.1) is 0 Å². The zero-order chi connectivity index (χ0) is 18.6. The number of nitrogens with one attached hydrogen (secondary N) is 2. The minimum Gasteiger partial charge on any atom is -0.497 e. The summed E-state index contributed by atoms with van der Waals surface area (Å²) in [5.41, 5.74) is 7.04. The van der Waals surface area contributed by atoms with E-state index in [9.17, 15) is 19.5 Å². The Kier molecular flexibility index (Phi) is 5.80. The van der Waals surface area contributed by atoms with Crippen molar-refractivity contribution in [1.82, 2.24) is 10.9 Å². The van der Waals surface area contributed by atoms with E-state index in [0.29, 0.717) is 24.2 Å². The lowest BCUT2D eigenvalue weighted by molar-refractivity contribution is -0.147. The largest absolute Gasteiger partial charge is 0.497 e. The minimum absolute atomic E-state index is 0.339. The van der Waals surface area contributed by atoms with Crippen molar-refractivity contribution in [2.45, 2.75) is 26.7 Å². The number of hydrogen-bond donors (Lipinski definition) is 3. The van der Waals surface area contributed by atoms with E-state index in [2.05, 4.69) is 10.9 Å². The standard InChI is InChI=1S/C18H22N2O5/c1-10-8-14(15(18(23)24)9-11(10)2)17(22)20-19-16(21)12-4-6-13(25-3)7-5-12/h4-7,14-15H,8-9H2,1-3H3,(H,19,21)(H,20,22)(H,23,24). The van der Waals surface area contributed by atoms with Crippen LogP contribution in [0.25, 0.3) is 0 Å². The van der Waals surface area contributed by atoms with Crippen LogP contribution in [0.1, 0.15) is 37.0 Å². The molecule has 0 saturated carbocycles. The van der Waals surface area contributed by atoms with Crippen LogP contribution in [0, 0.1) is 11.8 Å². The summed E-state index contributed by atoms with van der Waals surface area (Å²) in [6, 6.07) is 6.40. The topological polar surface area (TPSA) is 105 Å². The van der Waals surface area contributed by atoms with Gasteiger partial charge in [0.05, 0.1) is 18.9 Å². The molecule has 3 N–H and O–H groups in total. The highest BCUT2D eigenvalue weighted by molar-refractivity contribution is 5.96. The SMILES string of the molecule is COc1ccc(C(=O)NNC(=O)C2CC(C)=C(C)CC2C(=O)O)cc1. The lowest BCUT2D eigenvalue weighted by Gasteiger charge is -2.29. The number of carboxylic acid groups (broad SMARTS) is 1. The van der Waals surface area contributed by atoms with Gasteiger partial charge in [0.25, 0.3) is 5.91 Å². The molecular formula is C18H22N2O5. The van der Waals surface area contributed by atoms with Gasteiger partial charge in [-0.3, -0.25) is 25.2 Å². The zero-order valence-electron chi connectivity index (χ0n) is 14.5. The maximum absolute atomic E-state index is 12.4. The van der Waals surface area contributed by atoms with Crippen molar-refractivity contribution in [2.24, 2.45) is 11.8 Å². The zero-order valence-corrected chi connectivity index (χ0v) is 14.5. The van der Waals surface area contributed by atoms with Crippen molar-refractivity contribution in [3.05, 3.63) is 41.0 Å². The number of carbonyl (C=O) groups excluding carboxylic acids is 2. The summed E-state index contributed by atoms with van der Waals surface area (Å²) in [5, 5.41) is 9.36. The molecule has 0 saturated heterocycles. The maximum atomic E-state index is 12.4. The summed E-state index contributed by atoms with van der Waals surface area (Å²) in [7, 11) is 1.52. The number of methoxy groups -OCH3 is 1. The van der Waals surface area contributed by atoms with E-state index in [1.807, 2.05) is 13.8 Å². The Labute approximate surface area is 146 Å². The molecule has 1 aliphatic carbocycles. The van der Waals surface area contributed by atoms with Crippen LogP contribution in [0.4, 0.5) is 0 Å². The predicted octanol–water partition coefficient (Wildman–Crippen LogP) is 1.90. The first-order chi connectivity index (χ1) is 11.8. The van der Waals surface area contributed by atoms with Gasteiger partial charge in [0.2, 0.25) is 5.91 Å². The van der Waals surface area contributed by atoms with E-state index in [0.717, 1.165) is 11.1 Å². The fourth-order valence-corrected chi connectivity index (χ4v) is 2.85. The Bertz CT molecular complexity index is 709. The first kappa shape index (κ1) is 18.5. The van der Waals surface area contributed by atoms with Crippen molar-refractivity contribution in [1.29, 1.82) is 0 Å². The van der Waals surface area contributed by atoms with Gasteiger partial charge < -0.3 is 9.84 Å². The quantitative estimate of drug-likeness (QED) is 0.570. The minimum atomic E-state index is -1.01. The maximum Gasteiger partial charge on any atom is 0.307 e. The van der Waals surface area contributed by atoms with E-state index >= 15 is 0 Å². The lowest BCUT2D eigenvalue weighted by atomic mass is 9.76. The van der Waals surface area contributed by atoms with Crippen molar-refractivity contribution in [2.75, 3.05) is 7.11 Å². The van der Waals surface area contributed by atoms with E-state index in [1.54, 1.807) is 24.3 Å². The first-order valence-electron chi connectivity index (χ1n) is 7.95. The number of carboxylic acids is 1. The number of amides is 2. The van der Waals surface area contributed by atoms with Crippen LogP contribution in [-0.2, 0) is 9.59 Å². The molecule has 2 amide bonds. The molecule has 7 heteroatoms. The van der Waals surface area contributed by atoms with E-state index < -0.39 is 29.6 Å².